The number of anilines is 2. The molecule has 10 nitrogen and oxygen atoms in total. The average molecular weight is 551 g/mol. The van der Waals surface area contributed by atoms with Gasteiger partial charge >= 0.3 is 6.03 Å². The molecule has 4 aromatic rings. The number of pyridine rings is 1. The van der Waals surface area contributed by atoms with Crippen LogP contribution in [-0.4, -0.2) is 40.9 Å². The highest BCUT2D eigenvalue weighted by Crippen LogP contribution is 2.32. The number of nitrogens with one attached hydrogen (secondary N) is 3. The van der Waals surface area contributed by atoms with Crippen LogP contribution in [0.15, 0.2) is 60.8 Å². The fourth-order valence-electron chi connectivity index (χ4n) is 3.67. The van der Waals surface area contributed by atoms with E-state index in [2.05, 4.69) is 26.0 Å². The Hall–Kier alpha value is -5.00. The van der Waals surface area contributed by atoms with Crippen molar-refractivity contribution in [2.24, 2.45) is 0 Å². The van der Waals surface area contributed by atoms with Crippen molar-refractivity contribution < 1.29 is 27.8 Å². The summed E-state index contributed by atoms with van der Waals surface area (Å²) in [5.41, 5.74) is 0.822. The number of halogens is 2. The Morgan fingerprint density at radius 3 is 2.27 bits per heavy atom. The lowest BCUT2D eigenvalue weighted by atomic mass is 9.92. The van der Waals surface area contributed by atoms with Crippen molar-refractivity contribution in [1.82, 2.24) is 20.1 Å². The maximum Gasteiger partial charge on any atom is 0.324 e. The molecule has 3 amide bonds. The summed E-state index contributed by atoms with van der Waals surface area (Å²) < 4.78 is 40.4. The molecule has 0 saturated carbocycles. The van der Waals surface area contributed by atoms with Gasteiger partial charge in [0.05, 0.1) is 24.2 Å². The van der Waals surface area contributed by atoms with Crippen LogP contribution in [0.1, 0.15) is 37.0 Å². The topological polar surface area (TPSA) is 119 Å². The van der Waals surface area contributed by atoms with E-state index < -0.39 is 23.1 Å². The second kappa shape index (κ2) is 11.4. The minimum Gasteiger partial charge on any atom is -0.494 e. The molecule has 4 rings (SSSR count). The molecule has 208 valence electrons. The minimum absolute atomic E-state index is 0.109. The Morgan fingerprint density at radius 1 is 0.925 bits per heavy atom. The molecule has 0 saturated heterocycles. The van der Waals surface area contributed by atoms with Crippen LogP contribution in [0.3, 0.4) is 0 Å². The van der Waals surface area contributed by atoms with Crippen LogP contribution >= 0.6 is 0 Å². The molecule has 2 aromatic heterocycles. The molecule has 0 unspecified atom stereocenters. The number of rotatable bonds is 7. The van der Waals surface area contributed by atoms with Crippen molar-refractivity contribution in [3.63, 3.8) is 0 Å². The number of nitrogens with zero attached hydrogens (tertiary/aromatic N) is 3. The second-order valence-corrected chi connectivity index (χ2v) is 9.70. The van der Waals surface area contributed by atoms with E-state index >= 15 is 0 Å². The zero-order valence-corrected chi connectivity index (χ0v) is 22.5. The van der Waals surface area contributed by atoms with Crippen molar-refractivity contribution >= 4 is 23.4 Å². The fraction of sp³-hybridized carbons (Fsp3) is 0.214. The Bertz CT molecular complexity index is 1540. The van der Waals surface area contributed by atoms with E-state index in [-0.39, 0.29) is 23.1 Å². The van der Waals surface area contributed by atoms with E-state index in [0.717, 1.165) is 18.2 Å². The molecule has 0 radical (unpaired) electrons. The number of hydrogen-bond acceptors (Lipinski definition) is 6. The Morgan fingerprint density at radius 2 is 1.62 bits per heavy atom. The Kier molecular flexibility index (Phi) is 7.98. The molecular formula is C28H28F2N6O4. The first kappa shape index (κ1) is 28.0. The van der Waals surface area contributed by atoms with E-state index in [1.165, 1.54) is 31.1 Å². The van der Waals surface area contributed by atoms with Crippen molar-refractivity contribution in [3.05, 3.63) is 83.8 Å². The standard InChI is InChI=1S/C28H28F2N6O4/c1-28(2,3)24-15-25(36(35-24)18-11-16(29)10-17(30)12-18)34-27(38)33-21-7-6-19(14-23(21)39-5)40-20-8-9-32-22(13-20)26(37)31-4/h6-15H,1-5H3,(H,31,37)(H2,33,34,38). The van der Waals surface area contributed by atoms with Crippen LogP contribution in [0, 0.1) is 11.6 Å². The lowest BCUT2D eigenvalue weighted by Crippen LogP contribution is -2.21. The molecule has 0 atom stereocenters. The number of ether oxygens (including phenoxy) is 2. The van der Waals surface area contributed by atoms with Gasteiger partial charge in [0.2, 0.25) is 0 Å². The lowest BCUT2D eigenvalue weighted by Gasteiger charge is -2.14. The first-order chi connectivity index (χ1) is 19.0. The average Bonchev–Trinajstić information content (AvgIpc) is 3.33. The number of amides is 3. The number of methoxy groups -OCH3 is 1. The SMILES string of the molecule is CNC(=O)c1cc(Oc2ccc(NC(=O)Nc3cc(C(C)(C)C)nn3-c3cc(F)cc(F)c3)c(OC)c2)ccn1. The summed E-state index contributed by atoms with van der Waals surface area (Å²) in [6.07, 6.45) is 1.45. The third-order valence-electron chi connectivity index (χ3n) is 5.66. The molecular weight excluding hydrogens is 522 g/mol. The van der Waals surface area contributed by atoms with Crippen LogP contribution in [0.25, 0.3) is 5.69 Å². The molecule has 3 N–H and O–H groups in total. The summed E-state index contributed by atoms with van der Waals surface area (Å²) in [5.74, 6) is -0.639. The van der Waals surface area contributed by atoms with Gasteiger partial charge < -0.3 is 20.1 Å². The van der Waals surface area contributed by atoms with Gasteiger partial charge in [-0.2, -0.15) is 5.10 Å². The first-order valence-corrected chi connectivity index (χ1v) is 12.2. The van der Waals surface area contributed by atoms with Gasteiger partial charge in [-0.15, -0.1) is 0 Å². The molecule has 40 heavy (non-hydrogen) atoms. The first-order valence-electron chi connectivity index (χ1n) is 12.2. The van der Waals surface area contributed by atoms with E-state index in [1.54, 1.807) is 30.3 Å². The van der Waals surface area contributed by atoms with E-state index in [0.29, 0.717) is 28.6 Å². The minimum atomic E-state index is -0.776. The van der Waals surface area contributed by atoms with Gasteiger partial charge in [-0.1, -0.05) is 20.8 Å². The molecule has 0 aliphatic heterocycles. The van der Waals surface area contributed by atoms with Crippen molar-refractivity contribution in [3.8, 4) is 22.9 Å². The summed E-state index contributed by atoms with van der Waals surface area (Å²) in [5, 5.41) is 12.4. The van der Waals surface area contributed by atoms with Crippen LogP contribution in [-0.2, 0) is 5.41 Å². The summed E-state index contributed by atoms with van der Waals surface area (Å²) in [6.45, 7) is 5.78. The molecule has 2 heterocycles. The molecule has 0 spiro atoms. The predicted molar refractivity (Wildman–Crippen MR) is 146 cm³/mol. The lowest BCUT2D eigenvalue weighted by molar-refractivity contribution is 0.0957. The molecule has 0 bridgehead atoms. The van der Waals surface area contributed by atoms with Gasteiger partial charge in [-0.3, -0.25) is 15.1 Å². The second-order valence-electron chi connectivity index (χ2n) is 9.70. The largest absolute Gasteiger partial charge is 0.494 e. The van der Waals surface area contributed by atoms with Crippen molar-refractivity contribution in [2.75, 3.05) is 24.8 Å². The third kappa shape index (κ3) is 6.52. The van der Waals surface area contributed by atoms with Gasteiger partial charge in [0, 0.05) is 42.9 Å². The van der Waals surface area contributed by atoms with Crippen LogP contribution in [0.2, 0.25) is 0 Å². The normalized spacial score (nSPS) is 11.1. The van der Waals surface area contributed by atoms with Gasteiger partial charge in [-0.05, 0) is 30.3 Å². The number of hydrogen-bond donors (Lipinski definition) is 3. The van der Waals surface area contributed by atoms with Gasteiger partial charge in [0.1, 0.15) is 40.4 Å². The Labute approximate surface area is 229 Å². The molecule has 0 aliphatic carbocycles. The van der Waals surface area contributed by atoms with Crippen molar-refractivity contribution in [2.45, 2.75) is 26.2 Å². The van der Waals surface area contributed by atoms with Crippen LogP contribution in [0.4, 0.5) is 25.1 Å². The highest BCUT2D eigenvalue weighted by atomic mass is 19.1. The highest BCUT2D eigenvalue weighted by Gasteiger charge is 2.22. The predicted octanol–water partition coefficient (Wildman–Crippen LogP) is 5.65. The molecule has 2 aromatic carbocycles. The monoisotopic (exact) mass is 550 g/mol. The zero-order valence-electron chi connectivity index (χ0n) is 22.5. The molecule has 0 fully saturated rings. The third-order valence-corrected chi connectivity index (χ3v) is 5.66. The van der Waals surface area contributed by atoms with Gasteiger partial charge in [0.25, 0.3) is 5.91 Å². The quantitative estimate of drug-likeness (QED) is 0.274. The zero-order chi connectivity index (χ0) is 29.0. The van der Waals surface area contributed by atoms with Crippen LogP contribution in [0.5, 0.6) is 17.2 Å². The molecule has 12 heteroatoms. The maximum absolute atomic E-state index is 13.9. The fourth-order valence-corrected chi connectivity index (χ4v) is 3.67. The highest BCUT2D eigenvalue weighted by molar-refractivity contribution is 6.00. The van der Waals surface area contributed by atoms with Gasteiger partial charge in [-0.25, -0.2) is 18.3 Å². The van der Waals surface area contributed by atoms with Gasteiger partial charge in [0.15, 0.2) is 0 Å². The number of benzene rings is 2. The van der Waals surface area contributed by atoms with Crippen LogP contribution < -0.4 is 25.4 Å². The summed E-state index contributed by atoms with van der Waals surface area (Å²) in [4.78, 5) is 28.8. The summed E-state index contributed by atoms with van der Waals surface area (Å²) in [7, 11) is 2.93. The number of aromatic nitrogens is 3. The van der Waals surface area contributed by atoms with E-state index in [1.807, 2.05) is 20.8 Å². The summed E-state index contributed by atoms with van der Waals surface area (Å²) >= 11 is 0. The maximum atomic E-state index is 13.9. The van der Waals surface area contributed by atoms with E-state index in [4.69, 9.17) is 9.47 Å². The molecule has 0 aliphatic rings. The summed E-state index contributed by atoms with van der Waals surface area (Å²) in [6, 6.07) is 11.8. The number of carbonyl (C=O) groups is 2. The van der Waals surface area contributed by atoms with Crippen molar-refractivity contribution in [1.29, 1.82) is 0 Å². The smallest absolute Gasteiger partial charge is 0.324 e. The number of carbonyl (C=O) groups excluding carboxylic acids is 2. The Balaban J connectivity index is 1.55. The van der Waals surface area contributed by atoms with E-state index in [9.17, 15) is 18.4 Å². The number of urea groups is 1.